The Morgan fingerprint density at radius 2 is 1.81 bits per heavy atom. The van der Waals surface area contributed by atoms with Gasteiger partial charge in [-0.2, -0.15) is 0 Å². The number of hydrogen-bond acceptors (Lipinski definition) is 6. The first-order valence-corrected chi connectivity index (χ1v) is 10.6. The molecule has 0 unspecified atom stereocenters. The predicted molar refractivity (Wildman–Crippen MR) is 103 cm³/mol. The van der Waals surface area contributed by atoms with Crippen molar-refractivity contribution in [1.29, 1.82) is 0 Å². The number of sulfone groups is 1. The Labute approximate surface area is 159 Å². The zero-order valence-corrected chi connectivity index (χ0v) is 16.2. The van der Waals surface area contributed by atoms with E-state index < -0.39 is 9.84 Å². The number of anilines is 1. The van der Waals surface area contributed by atoms with Gasteiger partial charge in [-0.25, -0.2) is 13.4 Å². The summed E-state index contributed by atoms with van der Waals surface area (Å²) in [6, 6.07) is 9.85. The Balaban J connectivity index is 1.64. The number of amides is 1. The lowest BCUT2D eigenvalue weighted by molar-refractivity contribution is 0.0939. The van der Waals surface area contributed by atoms with Crippen LogP contribution in [0.5, 0.6) is 0 Å². The third-order valence-electron chi connectivity index (χ3n) is 4.50. The van der Waals surface area contributed by atoms with E-state index in [2.05, 4.69) is 15.2 Å². The molecule has 7 nitrogen and oxygen atoms in total. The van der Waals surface area contributed by atoms with Gasteiger partial charge in [0, 0.05) is 25.5 Å². The number of aromatic nitrogens is 1. The fourth-order valence-corrected chi connectivity index (χ4v) is 3.50. The van der Waals surface area contributed by atoms with Gasteiger partial charge in [0.15, 0.2) is 9.84 Å². The molecule has 2 heterocycles. The van der Waals surface area contributed by atoms with E-state index in [0.29, 0.717) is 18.8 Å². The van der Waals surface area contributed by atoms with Gasteiger partial charge in [0.05, 0.1) is 29.7 Å². The molecule has 3 rings (SSSR count). The van der Waals surface area contributed by atoms with Gasteiger partial charge in [-0.05, 0) is 36.8 Å². The minimum atomic E-state index is -3.23. The first-order chi connectivity index (χ1) is 12.8. The number of morpholine rings is 1. The van der Waals surface area contributed by atoms with Crippen LogP contribution in [-0.4, -0.2) is 51.9 Å². The van der Waals surface area contributed by atoms with Crippen molar-refractivity contribution in [3.05, 3.63) is 53.7 Å². The van der Waals surface area contributed by atoms with E-state index in [0.717, 1.165) is 24.5 Å². The maximum Gasteiger partial charge on any atom is 0.253 e. The Morgan fingerprint density at radius 3 is 2.37 bits per heavy atom. The molecule has 8 heteroatoms. The van der Waals surface area contributed by atoms with E-state index in [4.69, 9.17) is 4.74 Å². The van der Waals surface area contributed by atoms with Crippen LogP contribution >= 0.6 is 0 Å². The first kappa shape index (κ1) is 19.3. The number of rotatable bonds is 5. The smallest absolute Gasteiger partial charge is 0.253 e. The largest absolute Gasteiger partial charge is 0.378 e. The molecule has 0 bridgehead atoms. The van der Waals surface area contributed by atoms with Crippen molar-refractivity contribution in [1.82, 2.24) is 10.3 Å². The Hall–Kier alpha value is -2.45. The highest BCUT2D eigenvalue weighted by Gasteiger charge is 2.15. The van der Waals surface area contributed by atoms with Gasteiger partial charge in [0.2, 0.25) is 0 Å². The molecule has 1 atom stereocenters. The Kier molecular flexibility index (Phi) is 5.76. The van der Waals surface area contributed by atoms with Gasteiger partial charge in [0.25, 0.3) is 5.91 Å². The van der Waals surface area contributed by atoms with Gasteiger partial charge in [-0.15, -0.1) is 0 Å². The normalized spacial score (nSPS) is 16.0. The van der Waals surface area contributed by atoms with Crippen LogP contribution in [0.1, 0.15) is 28.9 Å². The maximum absolute atomic E-state index is 12.5. The molecule has 1 aromatic carbocycles. The second kappa shape index (κ2) is 8.06. The summed E-state index contributed by atoms with van der Waals surface area (Å²) in [5.41, 5.74) is 1.31. The van der Waals surface area contributed by atoms with Crippen LogP contribution in [0.15, 0.2) is 47.5 Å². The van der Waals surface area contributed by atoms with Crippen molar-refractivity contribution >= 4 is 21.6 Å². The van der Waals surface area contributed by atoms with Crippen molar-refractivity contribution in [2.75, 3.05) is 37.5 Å². The molecule has 144 valence electrons. The lowest BCUT2D eigenvalue weighted by Crippen LogP contribution is -2.36. The third kappa shape index (κ3) is 4.84. The molecule has 1 aromatic heterocycles. The van der Waals surface area contributed by atoms with Gasteiger partial charge in [0.1, 0.15) is 5.82 Å². The van der Waals surface area contributed by atoms with Crippen molar-refractivity contribution in [2.45, 2.75) is 17.9 Å². The van der Waals surface area contributed by atoms with Gasteiger partial charge in [-0.3, -0.25) is 4.79 Å². The van der Waals surface area contributed by atoms with Gasteiger partial charge >= 0.3 is 0 Å². The number of pyridine rings is 1. The average molecular weight is 389 g/mol. The number of carbonyl (C=O) groups is 1. The standard InChI is InChI=1S/C19H23N3O4S/c1-14(15-3-6-17(7-4-15)27(2,24)25)21-19(23)16-5-8-18(20-13-16)22-9-11-26-12-10-22/h3-8,13-14H,9-12H2,1-2H3,(H,21,23)/t14-/m1/s1. The summed E-state index contributed by atoms with van der Waals surface area (Å²) in [6.07, 6.45) is 2.74. The van der Waals surface area contributed by atoms with E-state index in [-0.39, 0.29) is 16.8 Å². The lowest BCUT2D eigenvalue weighted by Gasteiger charge is -2.27. The minimum absolute atomic E-state index is 0.226. The third-order valence-corrected chi connectivity index (χ3v) is 5.63. The Bertz CT molecular complexity index is 890. The molecule has 1 aliphatic rings. The van der Waals surface area contributed by atoms with Crippen LogP contribution < -0.4 is 10.2 Å². The molecule has 1 saturated heterocycles. The summed E-state index contributed by atoms with van der Waals surface area (Å²) in [5, 5.41) is 2.91. The van der Waals surface area contributed by atoms with Gasteiger partial charge in [-0.1, -0.05) is 12.1 Å². The van der Waals surface area contributed by atoms with Crippen molar-refractivity contribution in [2.24, 2.45) is 0 Å². The molecule has 27 heavy (non-hydrogen) atoms. The van der Waals surface area contributed by atoms with Crippen molar-refractivity contribution < 1.29 is 17.9 Å². The number of hydrogen-bond donors (Lipinski definition) is 1. The molecule has 1 N–H and O–H groups in total. The second-order valence-corrected chi connectivity index (χ2v) is 8.56. The van der Waals surface area contributed by atoms with Crippen molar-refractivity contribution in [3.8, 4) is 0 Å². The number of benzene rings is 1. The first-order valence-electron chi connectivity index (χ1n) is 8.74. The molecule has 0 saturated carbocycles. The van der Waals surface area contributed by atoms with Gasteiger partial charge < -0.3 is 15.0 Å². The summed E-state index contributed by atoms with van der Waals surface area (Å²) in [6.45, 7) is 4.79. The minimum Gasteiger partial charge on any atom is -0.378 e. The van der Waals surface area contributed by atoms with E-state index in [1.165, 1.54) is 6.26 Å². The van der Waals surface area contributed by atoms with Crippen molar-refractivity contribution in [3.63, 3.8) is 0 Å². The molecule has 1 fully saturated rings. The number of nitrogens with one attached hydrogen (secondary N) is 1. The monoisotopic (exact) mass is 389 g/mol. The number of nitrogens with zero attached hydrogens (tertiary/aromatic N) is 2. The summed E-state index contributed by atoms with van der Waals surface area (Å²) in [4.78, 5) is 19.2. The van der Waals surface area contributed by atoms with E-state index >= 15 is 0 Å². The topological polar surface area (TPSA) is 88.6 Å². The zero-order valence-electron chi connectivity index (χ0n) is 15.4. The quantitative estimate of drug-likeness (QED) is 0.839. The average Bonchev–Trinajstić information content (AvgIpc) is 2.68. The molecular formula is C19H23N3O4S. The summed E-state index contributed by atoms with van der Waals surface area (Å²) in [7, 11) is -3.23. The van der Waals surface area contributed by atoms with Crippen LogP contribution in [0, 0.1) is 0 Å². The summed E-state index contributed by atoms with van der Waals surface area (Å²) < 4.78 is 28.4. The molecule has 2 aromatic rings. The highest BCUT2D eigenvalue weighted by atomic mass is 32.2. The highest BCUT2D eigenvalue weighted by Crippen LogP contribution is 2.18. The summed E-state index contributed by atoms with van der Waals surface area (Å²) >= 11 is 0. The fourth-order valence-electron chi connectivity index (χ4n) is 2.87. The molecule has 0 aliphatic carbocycles. The molecule has 0 spiro atoms. The van der Waals surface area contributed by atoms with E-state index in [1.807, 2.05) is 13.0 Å². The molecule has 1 amide bonds. The summed E-state index contributed by atoms with van der Waals surface area (Å²) in [5.74, 6) is 0.606. The fraction of sp³-hybridized carbons (Fsp3) is 0.368. The second-order valence-electron chi connectivity index (χ2n) is 6.54. The van der Waals surface area contributed by atoms with Crippen LogP contribution in [0.2, 0.25) is 0 Å². The number of carbonyl (C=O) groups excluding carboxylic acids is 1. The predicted octanol–water partition coefficient (Wildman–Crippen LogP) is 1.81. The maximum atomic E-state index is 12.5. The van der Waals surface area contributed by atoms with Crippen LogP contribution in [0.25, 0.3) is 0 Å². The van der Waals surface area contributed by atoms with Crippen LogP contribution in [-0.2, 0) is 14.6 Å². The van der Waals surface area contributed by atoms with E-state index in [9.17, 15) is 13.2 Å². The SMILES string of the molecule is C[C@@H](NC(=O)c1ccc(N2CCOCC2)nc1)c1ccc(S(C)(=O)=O)cc1. The molecular weight excluding hydrogens is 366 g/mol. The van der Waals surface area contributed by atoms with E-state index in [1.54, 1.807) is 36.5 Å². The lowest BCUT2D eigenvalue weighted by atomic mass is 10.1. The zero-order chi connectivity index (χ0) is 19.4. The molecule has 1 aliphatic heterocycles. The molecule has 0 radical (unpaired) electrons. The number of ether oxygens (including phenoxy) is 1. The van der Waals surface area contributed by atoms with Crippen LogP contribution in [0.4, 0.5) is 5.82 Å². The Morgan fingerprint density at radius 1 is 1.15 bits per heavy atom. The van der Waals surface area contributed by atoms with Crippen LogP contribution in [0.3, 0.4) is 0 Å². The highest BCUT2D eigenvalue weighted by molar-refractivity contribution is 7.90.